The van der Waals surface area contributed by atoms with Crippen molar-refractivity contribution in [2.24, 2.45) is 11.3 Å². The van der Waals surface area contributed by atoms with Crippen LogP contribution in [0, 0.1) is 11.3 Å². The molecule has 2 unspecified atom stereocenters. The molecule has 1 aliphatic rings. The zero-order chi connectivity index (χ0) is 11.3. The smallest absolute Gasteiger partial charge is 0.00975 e. The normalized spacial score (nSPS) is 26.5. The van der Waals surface area contributed by atoms with E-state index < -0.39 is 0 Å². The minimum Gasteiger partial charge on any atom is -0.317 e. The molecule has 0 aromatic heterocycles. The molecule has 1 fully saturated rings. The molecule has 1 heteroatoms. The van der Waals surface area contributed by atoms with Crippen LogP contribution in [0.25, 0.3) is 0 Å². The van der Waals surface area contributed by atoms with Gasteiger partial charge in [-0.15, -0.1) is 6.58 Å². The highest BCUT2D eigenvalue weighted by atomic mass is 14.9. The van der Waals surface area contributed by atoms with Crippen molar-refractivity contribution in [3.8, 4) is 0 Å². The van der Waals surface area contributed by atoms with E-state index in [2.05, 4.69) is 32.8 Å². The zero-order valence-corrected chi connectivity index (χ0v) is 10.7. The lowest BCUT2D eigenvalue weighted by molar-refractivity contribution is 0.194. The molecule has 0 bridgehead atoms. The van der Waals surface area contributed by atoms with Gasteiger partial charge in [0.15, 0.2) is 0 Å². The Kier molecular flexibility index (Phi) is 4.85. The van der Waals surface area contributed by atoms with E-state index in [1.165, 1.54) is 32.1 Å². The first-order valence-electron chi connectivity index (χ1n) is 6.40. The third kappa shape index (κ3) is 3.34. The quantitative estimate of drug-likeness (QED) is 0.519. The molecular formula is C14H27N. The van der Waals surface area contributed by atoms with Gasteiger partial charge in [-0.3, -0.25) is 0 Å². The van der Waals surface area contributed by atoms with Crippen LogP contribution in [0.2, 0.25) is 0 Å². The summed E-state index contributed by atoms with van der Waals surface area (Å²) < 4.78 is 0. The maximum atomic E-state index is 3.79. The molecular weight excluding hydrogens is 182 g/mol. The Morgan fingerprint density at radius 1 is 1.53 bits per heavy atom. The second-order valence-electron chi connectivity index (χ2n) is 5.60. The first-order valence-corrected chi connectivity index (χ1v) is 6.40. The SMILES string of the molecule is C=CCCCC(NC)C1CCCC1(C)C. The van der Waals surface area contributed by atoms with Crippen molar-refractivity contribution in [1.82, 2.24) is 5.32 Å². The van der Waals surface area contributed by atoms with Crippen molar-refractivity contribution in [3.05, 3.63) is 12.7 Å². The van der Waals surface area contributed by atoms with Gasteiger partial charge in [0, 0.05) is 6.04 Å². The molecule has 0 spiro atoms. The third-order valence-corrected chi connectivity index (χ3v) is 4.12. The summed E-state index contributed by atoms with van der Waals surface area (Å²) in [6, 6.07) is 0.711. The first-order chi connectivity index (χ1) is 7.11. The van der Waals surface area contributed by atoms with Crippen molar-refractivity contribution < 1.29 is 0 Å². The molecule has 1 nitrogen and oxygen atoms in total. The predicted octanol–water partition coefficient (Wildman–Crippen LogP) is 3.76. The van der Waals surface area contributed by atoms with Crippen LogP contribution in [-0.4, -0.2) is 13.1 Å². The van der Waals surface area contributed by atoms with Gasteiger partial charge < -0.3 is 5.32 Å². The average Bonchev–Trinajstić information content (AvgIpc) is 2.53. The van der Waals surface area contributed by atoms with Crippen molar-refractivity contribution in [3.63, 3.8) is 0 Å². The van der Waals surface area contributed by atoms with Crippen LogP contribution in [0.15, 0.2) is 12.7 Å². The number of hydrogen-bond acceptors (Lipinski definition) is 1. The molecule has 1 saturated carbocycles. The molecule has 1 aliphatic carbocycles. The minimum absolute atomic E-state index is 0.544. The topological polar surface area (TPSA) is 12.0 Å². The Labute approximate surface area is 95.3 Å². The van der Waals surface area contributed by atoms with E-state index >= 15 is 0 Å². The largest absolute Gasteiger partial charge is 0.317 e. The van der Waals surface area contributed by atoms with E-state index in [1.54, 1.807) is 0 Å². The molecule has 0 heterocycles. The number of hydrogen-bond donors (Lipinski definition) is 1. The van der Waals surface area contributed by atoms with Gasteiger partial charge in [0.2, 0.25) is 0 Å². The van der Waals surface area contributed by atoms with Gasteiger partial charge in [0.1, 0.15) is 0 Å². The fourth-order valence-electron chi connectivity index (χ4n) is 3.13. The summed E-state index contributed by atoms with van der Waals surface area (Å²) in [4.78, 5) is 0. The number of allylic oxidation sites excluding steroid dienone is 1. The average molecular weight is 209 g/mol. The Morgan fingerprint density at radius 3 is 2.73 bits per heavy atom. The van der Waals surface area contributed by atoms with E-state index in [4.69, 9.17) is 0 Å². The van der Waals surface area contributed by atoms with E-state index in [9.17, 15) is 0 Å². The van der Waals surface area contributed by atoms with Crippen LogP contribution in [0.5, 0.6) is 0 Å². The summed E-state index contributed by atoms with van der Waals surface area (Å²) in [6.07, 6.45) is 10.00. The highest BCUT2D eigenvalue weighted by Crippen LogP contribution is 2.45. The van der Waals surface area contributed by atoms with E-state index in [0.717, 1.165) is 12.3 Å². The molecule has 0 aromatic carbocycles. The molecule has 2 atom stereocenters. The van der Waals surface area contributed by atoms with Gasteiger partial charge in [0.05, 0.1) is 0 Å². The van der Waals surface area contributed by atoms with Crippen LogP contribution in [0.4, 0.5) is 0 Å². The summed E-state index contributed by atoms with van der Waals surface area (Å²) in [5.74, 6) is 0.868. The highest BCUT2D eigenvalue weighted by molar-refractivity contribution is 4.91. The molecule has 15 heavy (non-hydrogen) atoms. The lowest BCUT2D eigenvalue weighted by atomic mass is 9.76. The molecule has 0 aromatic rings. The Hall–Kier alpha value is -0.300. The van der Waals surface area contributed by atoms with Crippen molar-refractivity contribution in [2.45, 2.75) is 58.4 Å². The summed E-state index contributed by atoms with van der Waals surface area (Å²) >= 11 is 0. The molecule has 0 aliphatic heterocycles. The predicted molar refractivity (Wildman–Crippen MR) is 68.0 cm³/mol. The maximum absolute atomic E-state index is 3.79. The minimum atomic E-state index is 0.544. The van der Waals surface area contributed by atoms with Crippen LogP contribution >= 0.6 is 0 Å². The molecule has 0 saturated heterocycles. The monoisotopic (exact) mass is 209 g/mol. The summed E-state index contributed by atoms with van der Waals surface area (Å²) in [5.41, 5.74) is 0.544. The maximum Gasteiger partial charge on any atom is 0.00975 e. The second kappa shape index (κ2) is 5.69. The number of unbranched alkanes of at least 4 members (excludes halogenated alkanes) is 1. The first kappa shape index (κ1) is 12.8. The van der Waals surface area contributed by atoms with Crippen LogP contribution < -0.4 is 5.32 Å². The van der Waals surface area contributed by atoms with Crippen molar-refractivity contribution >= 4 is 0 Å². The standard InChI is InChI=1S/C14H27N/c1-5-6-7-10-13(15-4)12-9-8-11-14(12,2)3/h5,12-13,15H,1,6-11H2,2-4H3. The van der Waals surface area contributed by atoms with E-state index in [0.29, 0.717) is 11.5 Å². The van der Waals surface area contributed by atoms with Crippen LogP contribution in [-0.2, 0) is 0 Å². The third-order valence-electron chi connectivity index (χ3n) is 4.12. The van der Waals surface area contributed by atoms with E-state index in [1.807, 2.05) is 6.08 Å². The van der Waals surface area contributed by atoms with Crippen molar-refractivity contribution in [1.29, 1.82) is 0 Å². The lowest BCUT2D eigenvalue weighted by Gasteiger charge is -2.34. The number of nitrogens with one attached hydrogen (secondary N) is 1. The van der Waals surface area contributed by atoms with Gasteiger partial charge in [0.25, 0.3) is 0 Å². The summed E-state index contributed by atoms with van der Waals surface area (Å²) in [5, 5.41) is 3.52. The van der Waals surface area contributed by atoms with Gasteiger partial charge in [-0.05, 0) is 50.5 Å². The zero-order valence-electron chi connectivity index (χ0n) is 10.7. The highest BCUT2D eigenvalue weighted by Gasteiger charge is 2.38. The second-order valence-corrected chi connectivity index (χ2v) is 5.60. The number of rotatable bonds is 6. The molecule has 1 N–H and O–H groups in total. The molecule has 88 valence electrons. The fourth-order valence-corrected chi connectivity index (χ4v) is 3.13. The Balaban J connectivity index is 2.46. The van der Waals surface area contributed by atoms with Gasteiger partial charge in [-0.2, -0.15) is 0 Å². The van der Waals surface area contributed by atoms with Crippen LogP contribution in [0.1, 0.15) is 52.4 Å². The van der Waals surface area contributed by atoms with Gasteiger partial charge in [-0.1, -0.05) is 26.3 Å². The van der Waals surface area contributed by atoms with Crippen LogP contribution in [0.3, 0.4) is 0 Å². The molecule has 0 amide bonds. The van der Waals surface area contributed by atoms with Gasteiger partial charge in [-0.25, -0.2) is 0 Å². The van der Waals surface area contributed by atoms with Gasteiger partial charge >= 0.3 is 0 Å². The van der Waals surface area contributed by atoms with E-state index in [-0.39, 0.29) is 0 Å². The summed E-state index contributed by atoms with van der Waals surface area (Å²) in [7, 11) is 2.12. The molecule has 0 radical (unpaired) electrons. The fraction of sp³-hybridized carbons (Fsp3) is 0.857. The Morgan fingerprint density at radius 2 is 2.27 bits per heavy atom. The Bertz CT molecular complexity index is 196. The molecule has 1 rings (SSSR count). The van der Waals surface area contributed by atoms with Crippen molar-refractivity contribution in [2.75, 3.05) is 7.05 Å². The summed E-state index contributed by atoms with van der Waals surface area (Å²) in [6.45, 7) is 8.66. The lowest BCUT2D eigenvalue weighted by Crippen LogP contribution is -2.38.